The number of carbonyl (C=O) groups is 2. The zero-order valence-electron chi connectivity index (χ0n) is 48.0. The molecule has 0 spiro atoms. The van der Waals surface area contributed by atoms with Gasteiger partial charge in [0.15, 0.2) is 6.10 Å². The lowest BCUT2D eigenvalue weighted by Crippen LogP contribution is -2.29. The molecule has 0 heterocycles. The topological polar surface area (TPSA) is 134 Å². The molecule has 0 bridgehead atoms. The third-order valence-electron chi connectivity index (χ3n) is 12.6. The van der Waals surface area contributed by atoms with Gasteiger partial charge in [0.1, 0.15) is 6.61 Å². The van der Waals surface area contributed by atoms with Crippen LogP contribution >= 0.6 is 7.82 Å². The fourth-order valence-corrected chi connectivity index (χ4v) is 8.94. The van der Waals surface area contributed by atoms with Gasteiger partial charge in [-0.05, 0) is 103 Å². The lowest BCUT2D eigenvalue weighted by atomic mass is 10.0. The molecule has 0 aromatic rings. The van der Waals surface area contributed by atoms with Crippen LogP contribution in [-0.4, -0.2) is 49.3 Å². The van der Waals surface area contributed by atoms with Crippen molar-refractivity contribution in [3.05, 3.63) is 109 Å². The minimum absolute atomic E-state index is 0.0489. The maximum absolute atomic E-state index is 12.7. The molecule has 430 valence electrons. The van der Waals surface area contributed by atoms with E-state index in [9.17, 15) is 19.0 Å². The van der Waals surface area contributed by atoms with Crippen molar-refractivity contribution in [1.29, 1.82) is 0 Å². The van der Waals surface area contributed by atoms with Crippen LogP contribution in [0.5, 0.6) is 0 Å². The van der Waals surface area contributed by atoms with Crippen molar-refractivity contribution in [2.75, 3.05) is 26.4 Å². The SMILES string of the molecule is CC/C=C\C/C=C\C/C=C\C/C=C\C/C=C\C/C=C\C/C=C\C/C=C\CCCCCCCCCCCCCCC(=O)OC(COC(=O)CCCCCCCCC/C=C\CCCCCCCC)COP(=O)(O)OCCN. The molecule has 9 nitrogen and oxygen atoms in total. The van der Waals surface area contributed by atoms with Gasteiger partial charge in [-0.1, -0.05) is 252 Å². The van der Waals surface area contributed by atoms with Gasteiger partial charge in [0.2, 0.25) is 0 Å². The van der Waals surface area contributed by atoms with E-state index in [1.165, 1.54) is 122 Å². The Hall–Kier alpha value is -3.33. The molecule has 0 amide bonds. The number of rotatable bonds is 56. The molecular formula is C65H112NO8P. The number of unbranched alkanes of at least 4 members (excludes halogenated alkanes) is 25. The molecule has 0 aliphatic rings. The summed E-state index contributed by atoms with van der Waals surface area (Å²) in [5.74, 6) is -0.835. The quantitative estimate of drug-likeness (QED) is 0.0264. The molecule has 0 aliphatic heterocycles. The number of phosphoric ester groups is 1. The maximum atomic E-state index is 12.7. The van der Waals surface area contributed by atoms with Crippen LogP contribution < -0.4 is 5.73 Å². The number of esters is 2. The summed E-state index contributed by atoms with van der Waals surface area (Å²) in [5, 5.41) is 0. The van der Waals surface area contributed by atoms with Crippen LogP contribution in [-0.2, 0) is 32.7 Å². The van der Waals surface area contributed by atoms with E-state index in [-0.39, 0.29) is 38.6 Å². The Bertz CT molecular complexity index is 1590. The number of hydrogen-bond donors (Lipinski definition) is 2. The lowest BCUT2D eigenvalue weighted by Gasteiger charge is -2.19. The highest BCUT2D eigenvalue weighted by Crippen LogP contribution is 2.43. The van der Waals surface area contributed by atoms with E-state index in [0.29, 0.717) is 6.42 Å². The predicted molar refractivity (Wildman–Crippen MR) is 321 cm³/mol. The fourth-order valence-electron chi connectivity index (χ4n) is 8.18. The maximum Gasteiger partial charge on any atom is 0.472 e. The van der Waals surface area contributed by atoms with Gasteiger partial charge in [0.25, 0.3) is 0 Å². The van der Waals surface area contributed by atoms with Crippen LogP contribution in [0.1, 0.15) is 258 Å². The van der Waals surface area contributed by atoms with Crippen molar-refractivity contribution in [1.82, 2.24) is 0 Å². The highest BCUT2D eigenvalue weighted by atomic mass is 31.2. The number of carbonyl (C=O) groups excluding carboxylic acids is 2. The molecule has 0 fully saturated rings. The Kier molecular flexibility index (Phi) is 57.2. The van der Waals surface area contributed by atoms with Gasteiger partial charge >= 0.3 is 19.8 Å². The Morgan fingerprint density at radius 2 is 0.733 bits per heavy atom. The first-order valence-corrected chi connectivity index (χ1v) is 31.9. The molecule has 10 heteroatoms. The largest absolute Gasteiger partial charge is 0.472 e. The van der Waals surface area contributed by atoms with Crippen LogP contribution in [0.3, 0.4) is 0 Å². The average molecular weight is 1070 g/mol. The van der Waals surface area contributed by atoms with E-state index >= 15 is 0 Å². The molecule has 0 aromatic carbocycles. The second kappa shape index (κ2) is 59.9. The zero-order chi connectivity index (χ0) is 54.5. The van der Waals surface area contributed by atoms with E-state index in [1.807, 2.05) is 0 Å². The van der Waals surface area contributed by atoms with Gasteiger partial charge in [-0.2, -0.15) is 0 Å². The number of phosphoric acid groups is 1. The van der Waals surface area contributed by atoms with Gasteiger partial charge < -0.3 is 20.1 Å². The van der Waals surface area contributed by atoms with Crippen molar-refractivity contribution >= 4 is 19.8 Å². The molecule has 0 rings (SSSR count). The van der Waals surface area contributed by atoms with E-state index < -0.39 is 26.5 Å². The summed E-state index contributed by atoms with van der Waals surface area (Å²) in [6.45, 7) is 3.62. The van der Waals surface area contributed by atoms with Crippen LogP contribution in [0.25, 0.3) is 0 Å². The van der Waals surface area contributed by atoms with Gasteiger partial charge in [-0.25, -0.2) is 4.57 Å². The summed E-state index contributed by atoms with van der Waals surface area (Å²) in [6.07, 6.45) is 81.5. The first-order chi connectivity index (χ1) is 36.8. The van der Waals surface area contributed by atoms with Crippen LogP contribution in [0.15, 0.2) is 109 Å². The van der Waals surface area contributed by atoms with Crippen LogP contribution in [0.2, 0.25) is 0 Å². The molecule has 0 saturated carbocycles. The molecular weight excluding hydrogens is 954 g/mol. The molecule has 75 heavy (non-hydrogen) atoms. The van der Waals surface area contributed by atoms with Crippen molar-refractivity contribution in [2.45, 2.75) is 264 Å². The van der Waals surface area contributed by atoms with Gasteiger partial charge in [0.05, 0.1) is 13.2 Å². The zero-order valence-corrected chi connectivity index (χ0v) is 48.9. The number of hydrogen-bond acceptors (Lipinski definition) is 8. The van der Waals surface area contributed by atoms with Crippen molar-refractivity contribution in [3.63, 3.8) is 0 Å². The third-order valence-corrected chi connectivity index (χ3v) is 13.6. The molecule has 2 unspecified atom stereocenters. The Balaban J connectivity index is 3.94. The number of ether oxygens (including phenoxy) is 2. The Labute approximate surface area is 460 Å². The Morgan fingerprint density at radius 1 is 0.413 bits per heavy atom. The standard InChI is InChI=1S/C65H112NO8P/c1-3-5-7-9-11-13-15-17-19-21-22-23-24-25-26-27-28-29-30-31-32-33-34-35-36-37-38-39-40-42-44-46-48-50-52-54-56-58-65(68)74-63(62-73-75(69,70)72-60-59-66)61-71-64(67)57-55-53-51-49-47-45-43-41-20-18-16-14-12-10-8-6-4-2/h5,7,11,13,17-20,22-23,25-26,28-29,31-32,34-35,63H,3-4,6,8-10,12,14-16,21,24,27,30,33,36-62,66H2,1-2H3,(H,69,70)/b7-5-,13-11-,19-17-,20-18-,23-22-,26-25-,29-28-,32-31-,35-34-. The van der Waals surface area contributed by atoms with Crippen molar-refractivity contribution in [2.24, 2.45) is 5.73 Å². The van der Waals surface area contributed by atoms with E-state index in [0.717, 1.165) is 103 Å². The summed E-state index contributed by atoms with van der Waals surface area (Å²) in [7, 11) is -4.39. The highest BCUT2D eigenvalue weighted by molar-refractivity contribution is 7.47. The molecule has 0 saturated heterocycles. The second-order valence-electron chi connectivity index (χ2n) is 19.8. The molecule has 2 atom stereocenters. The third kappa shape index (κ3) is 59.8. The minimum Gasteiger partial charge on any atom is -0.462 e. The number of nitrogens with two attached hydrogens (primary N) is 1. The normalized spacial score (nSPS) is 13.8. The van der Waals surface area contributed by atoms with E-state index in [2.05, 4.69) is 123 Å². The summed E-state index contributed by atoms with van der Waals surface area (Å²) >= 11 is 0. The molecule has 0 radical (unpaired) electrons. The van der Waals surface area contributed by atoms with E-state index in [4.69, 9.17) is 24.3 Å². The Morgan fingerprint density at radius 3 is 1.11 bits per heavy atom. The summed E-state index contributed by atoms with van der Waals surface area (Å²) in [4.78, 5) is 35.2. The van der Waals surface area contributed by atoms with Gasteiger partial charge in [-0.15, -0.1) is 0 Å². The van der Waals surface area contributed by atoms with Crippen molar-refractivity contribution < 1.29 is 37.6 Å². The average Bonchev–Trinajstić information content (AvgIpc) is 3.40. The first-order valence-electron chi connectivity index (χ1n) is 30.4. The molecule has 3 N–H and O–H groups in total. The fraction of sp³-hybridized carbons (Fsp3) is 0.692. The van der Waals surface area contributed by atoms with Crippen LogP contribution in [0, 0.1) is 0 Å². The highest BCUT2D eigenvalue weighted by Gasteiger charge is 2.26. The molecule has 0 aromatic heterocycles. The first kappa shape index (κ1) is 71.7. The van der Waals surface area contributed by atoms with E-state index in [1.54, 1.807) is 0 Å². The van der Waals surface area contributed by atoms with Crippen LogP contribution in [0.4, 0.5) is 0 Å². The summed E-state index contributed by atoms with van der Waals surface area (Å²) in [6, 6.07) is 0. The minimum atomic E-state index is -4.39. The van der Waals surface area contributed by atoms with Gasteiger partial charge in [0, 0.05) is 19.4 Å². The monoisotopic (exact) mass is 1070 g/mol. The second-order valence-corrected chi connectivity index (χ2v) is 21.3. The number of allylic oxidation sites excluding steroid dienone is 18. The smallest absolute Gasteiger partial charge is 0.462 e. The van der Waals surface area contributed by atoms with Gasteiger partial charge in [-0.3, -0.25) is 18.6 Å². The molecule has 0 aliphatic carbocycles. The summed E-state index contributed by atoms with van der Waals surface area (Å²) in [5.41, 5.74) is 5.38. The lowest BCUT2D eigenvalue weighted by molar-refractivity contribution is -0.161. The van der Waals surface area contributed by atoms with Crippen molar-refractivity contribution in [3.8, 4) is 0 Å². The summed E-state index contributed by atoms with van der Waals surface area (Å²) < 4.78 is 33.0. The predicted octanol–water partition coefficient (Wildman–Crippen LogP) is 19.4.